The lowest BCUT2D eigenvalue weighted by Gasteiger charge is -2.18. The van der Waals surface area contributed by atoms with Gasteiger partial charge in [0.15, 0.2) is 6.10 Å². The Morgan fingerprint density at radius 1 is 0.328 bits per heavy atom. The highest BCUT2D eigenvalue weighted by atomic mass is 16.6. The van der Waals surface area contributed by atoms with Crippen LogP contribution in [0.5, 0.6) is 0 Å². The van der Waals surface area contributed by atoms with E-state index < -0.39 is 6.10 Å². The number of ether oxygens (including phenoxy) is 3. The average Bonchev–Trinajstić information content (AvgIpc) is 3.29. The minimum Gasteiger partial charge on any atom is -0.462 e. The summed E-state index contributed by atoms with van der Waals surface area (Å²) in [5.74, 6) is -0.867. The van der Waals surface area contributed by atoms with E-state index in [9.17, 15) is 14.4 Å². The van der Waals surface area contributed by atoms with E-state index in [2.05, 4.69) is 57.2 Å². The second kappa shape index (κ2) is 53.2. The first kappa shape index (κ1) is 61.6. The second-order valence-corrected chi connectivity index (χ2v) is 18.8. The number of rotatable bonds is 51. The Morgan fingerprint density at radius 3 is 0.953 bits per heavy atom. The Bertz CT molecular complexity index is 1080. The van der Waals surface area contributed by atoms with Gasteiger partial charge >= 0.3 is 17.9 Å². The topological polar surface area (TPSA) is 78.9 Å². The van der Waals surface area contributed by atoms with Crippen LogP contribution >= 0.6 is 0 Å². The molecule has 6 nitrogen and oxygen atoms in total. The third-order valence-electron chi connectivity index (χ3n) is 12.4. The number of esters is 3. The van der Waals surface area contributed by atoms with E-state index in [1.807, 2.05) is 0 Å². The molecule has 0 saturated carbocycles. The molecule has 6 heteroatoms. The van der Waals surface area contributed by atoms with E-state index in [0.717, 1.165) is 83.5 Å². The second-order valence-electron chi connectivity index (χ2n) is 18.8. The van der Waals surface area contributed by atoms with Crippen LogP contribution in [0.15, 0.2) is 36.5 Å². The molecule has 64 heavy (non-hydrogen) atoms. The third-order valence-corrected chi connectivity index (χ3v) is 12.4. The van der Waals surface area contributed by atoms with Crippen molar-refractivity contribution in [2.45, 2.75) is 303 Å². The fourth-order valence-corrected chi connectivity index (χ4v) is 8.22. The zero-order valence-electron chi connectivity index (χ0n) is 42.8. The van der Waals surface area contributed by atoms with E-state index in [1.165, 1.54) is 173 Å². The van der Waals surface area contributed by atoms with Gasteiger partial charge < -0.3 is 14.2 Å². The molecule has 0 aromatic heterocycles. The number of hydrogen-bond donors (Lipinski definition) is 0. The monoisotopic (exact) mass is 899 g/mol. The molecule has 0 heterocycles. The van der Waals surface area contributed by atoms with Crippen molar-refractivity contribution in [3.05, 3.63) is 36.5 Å². The van der Waals surface area contributed by atoms with E-state index >= 15 is 0 Å². The first-order valence-corrected chi connectivity index (χ1v) is 28.0. The van der Waals surface area contributed by atoms with Gasteiger partial charge in [0.1, 0.15) is 13.2 Å². The Morgan fingerprint density at radius 2 is 0.609 bits per heavy atom. The molecule has 0 aliphatic heterocycles. The van der Waals surface area contributed by atoms with Crippen molar-refractivity contribution in [3.63, 3.8) is 0 Å². The van der Waals surface area contributed by atoms with Crippen LogP contribution < -0.4 is 0 Å². The van der Waals surface area contributed by atoms with Crippen LogP contribution in [0.25, 0.3) is 0 Å². The molecule has 374 valence electrons. The number of unbranched alkanes of at least 4 members (excludes halogenated alkanes) is 34. The van der Waals surface area contributed by atoms with Crippen molar-refractivity contribution >= 4 is 17.9 Å². The number of carbonyl (C=O) groups is 3. The van der Waals surface area contributed by atoms with Gasteiger partial charge in [0.25, 0.3) is 0 Å². The van der Waals surface area contributed by atoms with E-state index in [4.69, 9.17) is 14.2 Å². The summed E-state index contributed by atoms with van der Waals surface area (Å²) in [5, 5.41) is 0. The predicted octanol–water partition coefficient (Wildman–Crippen LogP) is 18.5. The molecule has 0 amide bonds. The Balaban J connectivity index is 4.35. The zero-order chi connectivity index (χ0) is 46.5. The number of carbonyl (C=O) groups excluding carboxylic acids is 3. The first-order chi connectivity index (χ1) is 31.5. The van der Waals surface area contributed by atoms with Gasteiger partial charge in [-0.05, 0) is 51.4 Å². The summed E-state index contributed by atoms with van der Waals surface area (Å²) >= 11 is 0. The van der Waals surface area contributed by atoms with Crippen LogP contribution in [0.4, 0.5) is 0 Å². The standard InChI is InChI=1S/C58H106O6/c1-4-7-10-13-16-19-22-25-28-31-33-36-39-42-45-48-51-57(60)63-54-55(64-58(61)52-49-46-43-40-37-34-30-27-24-21-18-15-12-9-6-3)53-62-56(59)50-47-44-41-38-35-32-29-26-23-20-17-14-11-8-5-2/h7,10,16,19,25,28,55H,4-6,8-9,11-15,17-18,20-24,26-27,29-54H2,1-3H3/b10-7-,19-16-,28-25-. The first-order valence-electron chi connectivity index (χ1n) is 28.0. The molecule has 0 spiro atoms. The molecule has 1 unspecified atom stereocenters. The third kappa shape index (κ3) is 50.6. The molecule has 0 N–H and O–H groups in total. The lowest BCUT2D eigenvalue weighted by atomic mass is 10.0. The van der Waals surface area contributed by atoms with Crippen molar-refractivity contribution in [2.75, 3.05) is 13.2 Å². The molecule has 1 atom stereocenters. The van der Waals surface area contributed by atoms with Gasteiger partial charge in [-0.25, -0.2) is 0 Å². The Hall–Kier alpha value is -2.37. The largest absolute Gasteiger partial charge is 0.462 e. The van der Waals surface area contributed by atoms with E-state index in [-0.39, 0.29) is 31.1 Å². The molecular weight excluding hydrogens is 793 g/mol. The van der Waals surface area contributed by atoms with Gasteiger partial charge in [-0.3, -0.25) is 14.4 Å². The molecule has 0 radical (unpaired) electrons. The van der Waals surface area contributed by atoms with Crippen LogP contribution in [0.2, 0.25) is 0 Å². The number of hydrogen-bond acceptors (Lipinski definition) is 6. The Labute approximate surface area is 397 Å². The molecule has 0 aliphatic rings. The minimum atomic E-state index is -0.772. The molecule has 0 aromatic rings. The van der Waals surface area contributed by atoms with Gasteiger partial charge in [0, 0.05) is 19.3 Å². The van der Waals surface area contributed by atoms with E-state index in [1.54, 1.807) is 0 Å². The highest BCUT2D eigenvalue weighted by Gasteiger charge is 2.19. The van der Waals surface area contributed by atoms with Crippen molar-refractivity contribution in [1.82, 2.24) is 0 Å². The average molecular weight is 899 g/mol. The normalized spacial score (nSPS) is 12.2. The van der Waals surface area contributed by atoms with Crippen LogP contribution in [0.3, 0.4) is 0 Å². The van der Waals surface area contributed by atoms with Crippen molar-refractivity contribution in [3.8, 4) is 0 Å². The van der Waals surface area contributed by atoms with Crippen LogP contribution in [0, 0.1) is 0 Å². The predicted molar refractivity (Wildman–Crippen MR) is 275 cm³/mol. The smallest absolute Gasteiger partial charge is 0.306 e. The highest BCUT2D eigenvalue weighted by molar-refractivity contribution is 5.71. The molecular formula is C58H106O6. The van der Waals surface area contributed by atoms with Gasteiger partial charge in [0.2, 0.25) is 0 Å². The van der Waals surface area contributed by atoms with E-state index in [0.29, 0.717) is 19.3 Å². The molecule has 0 rings (SSSR count). The lowest BCUT2D eigenvalue weighted by Crippen LogP contribution is -2.30. The van der Waals surface area contributed by atoms with Crippen LogP contribution in [-0.4, -0.2) is 37.2 Å². The molecule has 0 fully saturated rings. The summed E-state index contributed by atoms with van der Waals surface area (Å²) in [5.41, 5.74) is 0. The highest BCUT2D eigenvalue weighted by Crippen LogP contribution is 2.17. The van der Waals surface area contributed by atoms with Gasteiger partial charge in [0.05, 0.1) is 0 Å². The molecule has 0 aliphatic carbocycles. The minimum absolute atomic E-state index is 0.0714. The lowest BCUT2D eigenvalue weighted by molar-refractivity contribution is -0.167. The maximum Gasteiger partial charge on any atom is 0.306 e. The summed E-state index contributed by atoms with van der Waals surface area (Å²) < 4.78 is 16.9. The van der Waals surface area contributed by atoms with Gasteiger partial charge in [-0.2, -0.15) is 0 Å². The van der Waals surface area contributed by atoms with Crippen LogP contribution in [0.1, 0.15) is 297 Å². The quantitative estimate of drug-likeness (QED) is 0.0262. The summed E-state index contributed by atoms with van der Waals surface area (Å²) in [6.07, 6.45) is 62.7. The summed E-state index contributed by atoms with van der Waals surface area (Å²) in [6.45, 7) is 6.56. The molecule has 0 aromatic carbocycles. The van der Waals surface area contributed by atoms with Gasteiger partial charge in [-0.15, -0.1) is 0 Å². The molecule has 0 saturated heterocycles. The van der Waals surface area contributed by atoms with Gasteiger partial charge in [-0.1, -0.05) is 263 Å². The van der Waals surface area contributed by atoms with Crippen molar-refractivity contribution in [2.24, 2.45) is 0 Å². The fourth-order valence-electron chi connectivity index (χ4n) is 8.22. The van der Waals surface area contributed by atoms with Crippen LogP contribution in [-0.2, 0) is 28.6 Å². The fraction of sp³-hybridized carbons (Fsp3) is 0.845. The summed E-state index contributed by atoms with van der Waals surface area (Å²) in [6, 6.07) is 0. The maximum absolute atomic E-state index is 12.8. The zero-order valence-corrected chi connectivity index (χ0v) is 42.8. The molecule has 0 bridgehead atoms. The summed E-state index contributed by atoms with van der Waals surface area (Å²) in [7, 11) is 0. The van der Waals surface area contributed by atoms with Crippen molar-refractivity contribution in [1.29, 1.82) is 0 Å². The number of allylic oxidation sites excluding steroid dienone is 6. The maximum atomic E-state index is 12.8. The SMILES string of the molecule is CC/C=C\C/C=C\C/C=C\CCCCCCCCC(=O)OCC(COC(=O)CCCCCCCCCCCCCCCCC)OC(=O)CCCCCCCCCCCCCCCCC. The summed E-state index contributed by atoms with van der Waals surface area (Å²) in [4.78, 5) is 38.1. The Kier molecular flexibility index (Phi) is 51.3. The van der Waals surface area contributed by atoms with Crippen molar-refractivity contribution < 1.29 is 28.6 Å².